The van der Waals surface area contributed by atoms with E-state index < -0.39 is 11.8 Å². The molecule has 0 saturated heterocycles. The number of para-hydroxylation sites is 1. The highest BCUT2D eigenvalue weighted by molar-refractivity contribution is 5.87. The van der Waals surface area contributed by atoms with Gasteiger partial charge in [0.2, 0.25) is 0 Å². The van der Waals surface area contributed by atoms with Crippen molar-refractivity contribution in [3.8, 4) is 0 Å². The van der Waals surface area contributed by atoms with Crippen LogP contribution in [0.5, 0.6) is 0 Å². The van der Waals surface area contributed by atoms with Crippen LogP contribution in [0.15, 0.2) is 54.7 Å². The quantitative estimate of drug-likeness (QED) is 0.797. The van der Waals surface area contributed by atoms with Gasteiger partial charge < -0.3 is 5.11 Å². The Morgan fingerprint density at radius 3 is 2.67 bits per heavy atom. The number of nitrogens with zero attached hydrogens (tertiary/aromatic N) is 1. The lowest BCUT2D eigenvalue weighted by Crippen LogP contribution is -2.00. The summed E-state index contributed by atoms with van der Waals surface area (Å²) in [4.78, 5) is 15.1. The monoisotopic (exact) mass is 281 g/mol. The lowest BCUT2D eigenvalue weighted by molar-refractivity contribution is 0.0696. The van der Waals surface area contributed by atoms with E-state index in [2.05, 4.69) is 4.98 Å². The summed E-state index contributed by atoms with van der Waals surface area (Å²) in [6, 6.07) is 13.5. The zero-order chi connectivity index (χ0) is 14.8. The van der Waals surface area contributed by atoms with Crippen LogP contribution >= 0.6 is 0 Å². The van der Waals surface area contributed by atoms with Gasteiger partial charge in [0.15, 0.2) is 0 Å². The Bertz CT molecular complexity index is 825. The third-order valence-corrected chi connectivity index (χ3v) is 3.42. The maximum atomic E-state index is 14.0. The Labute approximate surface area is 120 Å². The molecule has 0 aliphatic carbocycles. The Morgan fingerprint density at radius 1 is 1.10 bits per heavy atom. The van der Waals surface area contributed by atoms with Gasteiger partial charge >= 0.3 is 5.97 Å². The number of hydrogen-bond donors (Lipinski definition) is 1. The SMILES string of the molecule is O=C(O)c1ccc(Cc2ccnc3ccccc23)c(F)c1. The molecule has 1 aromatic heterocycles. The smallest absolute Gasteiger partial charge is 0.335 e. The molecule has 0 radical (unpaired) electrons. The summed E-state index contributed by atoms with van der Waals surface area (Å²) in [5.74, 6) is -1.63. The van der Waals surface area contributed by atoms with Crippen LogP contribution in [0.25, 0.3) is 10.9 Å². The molecule has 3 rings (SSSR count). The van der Waals surface area contributed by atoms with Crippen molar-refractivity contribution in [2.45, 2.75) is 6.42 Å². The number of pyridine rings is 1. The third-order valence-electron chi connectivity index (χ3n) is 3.42. The van der Waals surface area contributed by atoms with Crippen LogP contribution in [0, 0.1) is 5.82 Å². The fourth-order valence-electron chi connectivity index (χ4n) is 2.34. The van der Waals surface area contributed by atoms with E-state index in [1.54, 1.807) is 6.20 Å². The van der Waals surface area contributed by atoms with E-state index in [9.17, 15) is 9.18 Å². The number of aromatic nitrogens is 1. The van der Waals surface area contributed by atoms with Crippen molar-refractivity contribution in [2.24, 2.45) is 0 Å². The second kappa shape index (κ2) is 5.32. The topological polar surface area (TPSA) is 50.2 Å². The van der Waals surface area contributed by atoms with Crippen molar-refractivity contribution in [1.82, 2.24) is 4.98 Å². The molecule has 1 N–H and O–H groups in total. The van der Waals surface area contributed by atoms with Crippen molar-refractivity contribution in [2.75, 3.05) is 0 Å². The highest BCUT2D eigenvalue weighted by atomic mass is 19.1. The van der Waals surface area contributed by atoms with Gasteiger partial charge in [-0.3, -0.25) is 4.98 Å². The summed E-state index contributed by atoms with van der Waals surface area (Å²) in [5.41, 5.74) is 2.24. The summed E-state index contributed by atoms with van der Waals surface area (Å²) in [7, 11) is 0. The summed E-state index contributed by atoms with van der Waals surface area (Å²) < 4.78 is 14.0. The second-order valence-electron chi connectivity index (χ2n) is 4.78. The molecule has 21 heavy (non-hydrogen) atoms. The lowest BCUT2D eigenvalue weighted by Gasteiger charge is -2.07. The van der Waals surface area contributed by atoms with Gasteiger partial charge in [-0.15, -0.1) is 0 Å². The van der Waals surface area contributed by atoms with E-state index in [4.69, 9.17) is 5.11 Å². The van der Waals surface area contributed by atoms with Crippen LogP contribution < -0.4 is 0 Å². The minimum Gasteiger partial charge on any atom is -0.478 e. The number of halogens is 1. The fourth-order valence-corrected chi connectivity index (χ4v) is 2.34. The normalized spacial score (nSPS) is 10.7. The van der Waals surface area contributed by atoms with E-state index in [1.807, 2.05) is 30.3 Å². The fraction of sp³-hybridized carbons (Fsp3) is 0.0588. The molecule has 0 amide bonds. The van der Waals surface area contributed by atoms with Gasteiger partial charge in [-0.2, -0.15) is 0 Å². The minimum atomic E-state index is -1.13. The molecule has 0 aliphatic heterocycles. The second-order valence-corrected chi connectivity index (χ2v) is 4.78. The lowest BCUT2D eigenvalue weighted by atomic mass is 10.00. The molecular weight excluding hydrogens is 269 g/mol. The number of benzene rings is 2. The molecule has 0 bridgehead atoms. The molecule has 0 saturated carbocycles. The zero-order valence-corrected chi connectivity index (χ0v) is 11.1. The zero-order valence-electron chi connectivity index (χ0n) is 11.1. The molecule has 0 fully saturated rings. The minimum absolute atomic E-state index is 0.0455. The van der Waals surface area contributed by atoms with E-state index in [-0.39, 0.29) is 5.56 Å². The van der Waals surface area contributed by atoms with Crippen LogP contribution in [-0.2, 0) is 6.42 Å². The van der Waals surface area contributed by atoms with Crippen LogP contribution in [0.2, 0.25) is 0 Å². The first kappa shape index (κ1) is 13.2. The summed E-state index contributed by atoms with van der Waals surface area (Å²) in [5, 5.41) is 9.83. The van der Waals surface area contributed by atoms with Crippen molar-refractivity contribution in [3.63, 3.8) is 0 Å². The Morgan fingerprint density at radius 2 is 1.90 bits per heavy atom. The molecule has 2 aromatic carbocycles. The summed E-state index contributed by atoms with van der Waals surface area (Å²) in [6.45, 7) is 0. The predicted octanol–water partition coefficient (Wildman–Crippen LogP) is 3.66. The number of rotatable bonds is 3. The highest BCUT2D eigenvalue weighted by Crippen LogP contribution is 2.21. The van der Waals surface area contributed by atoms with Crippen LogP contribution in [-0.4, -0.2) is 16.1 Å². The third kappa shape index (κ3) is 2.60. The largest absolute Gasteiger partial charge is 0.478 e. The van der Waals surface area contributed by atoms with Gasteiger partial charge in [-0.25, -0.2) is 9.18 Å². The first-order chi connectivity index (χ1) is 10.1. The number of hydrogen-bond acceptors (Lipinski definition) is 2. The molecule has 3 aromatic rings. The van der Waals surface area contributed by atoms with Crippen LogP contribution in [0.4, 0.5) is 4.39 Å². The molecular formula is C17H12FNO2. The van der Waals surface area contributed by atoms with Crippen molar-refractivity contribution >= 4 is 16.9 Å². The number of carboxylic acid groups (broad SMARTS) is 1. The molecule has 0 aliphatic rings. The molecule has 0 atom stereocenters. The van der Waals surface area contributed by atoms with Crippen molar-refractivity contribution in [3.05, 3.63) is 77.2 Å². The van der Waals surface area contributed by atoms with Crippen LogP contribution in [0.3, 0.4) is 0 Å². The molecule has 3 nitrogen and oxygen atoms in total. The molecule has 1 heterocycles. The Balaban J connectivity index is 2.01. The predicted molar refractivity (Wildman–Crippen MR) is 77.9 cm³/mol. The van der Waals surface area contributed by atoms with Gasteiger partial charge in [0.05, 0.1) is 11.1 Å². The Hall–Kier alpha value is -2.75. The number of carboxylic acids is 1. The maximum absolute atomic E-state index is 14.0. The highest BCUT2D eigenvalue weighted by Gasteiger charge is 2.10. The average Bonchev–Trinajstić information content (AvgIpc) is 2.49. The number of fused-ring (bicyclic) bond motifs is 1. The van der Waals surface area contributed by atoms with Crippen molar-refractivity contribution in [1.29, 1.82) is 0 Å². The standard InChI is InChI=1S/C17H12FNO2/c18-15-10-13(17(20)21)6-5-12(15)9-11-7-8-19-16-4-2-1-3-14(11)16/h1-8,10H,9H2,(H,20,21). The maximum Gasteiger partial charge on any atom is 0.335 e. The first-order valence-corrected chi connectivity index (χ1v) is 6.49. The molecule has 4 heteroatoms. The van der Waals surface area contributed by atoms with E-state index in [0.29, 0.717) is 12.0 Å². The average molecular weight is 281 g/mol. The number of carbonyl (C=O) groups is 1. The van der Waals surface area contributed by atoms with Gasteiger partial charge in [-0.1, -0.05) is 24.3 Å². The van der Waals surface area contributed by atoms with E-state index >= 15 is 0 Å². The first-order valence-electron chi connectivity index (χ1n) is 6.49. The summed E-state index contributed by atoms with van der Waals surface area (Å²) >= 11 is 0. The van der Waals surface area contributed by atoms with E-state index in [0.717, 1.165) is 22.5 Å². The molecule has 0 unspecified atom stereocenters. The van der Waals surface area contributed by atoms with Crippen LogP contribution in [0.1, 0.15) is 21.5 Å². The van der Waals surface area contributed by atoms with Gasteiger partial charge in [-0.05, 0) is 35.4 Å². The number of aromatic carboxylic acids is 1. The molecule has 0 spiro atoms. The van der Waals surface area contributed by atoms with Gasteiger partial charge in [0, 0.05) is 18.0 Å². The summed E-state index contributed by atoms with van der Waals surface area (Å²) in [6.07, 6.45) is 2.09. The molecule has 104 valence electrons. The van der Waals surface area contributed by atoms with Gasteiger partial charge in [0.1, 0.15) is 5.82 Å². The Kier molecular flexibility index (Phi) is 3.36. The van der Waals surface area contributed by atoms with Crippen molar-refractivity contribution < 1.29 is 14.3 Å². The van der Waals surface area contributed by atoms with E-state index in [1.165, 1.54) is 12.1 Å². The van der Waals surface area contributed by atoms with Gasteiger partial charge in [0.25, 0.3) is 0 Å².